The molecule has 38 heavy (non-hydrogen) atoms. The molecule has 0 aromatic heterocycles. The molecule has 0 aliphatic carbocycles. The average molecular weight is 605 g/mol. The van der Waals surface area contributed by atoms with Crippen molar-refractivity contribution in [3.63, 3.8) is 0 Å². The lowest BCUT2D eigenvalue weighted by Gasteiger charge is -2.38. The number of halogens is 1. The number of fused-ring (bicyclic) bond motifs is 1. The quantitative estimate of drug-likeness (QED) is 0.308. The highest BCUT2D eigenvalue weighted by Crippen LogP contribution is 2.68. The van der Waals surface area contributed by atoms with Gasteiger partial charge in [0.05, 0.1) is 23.2 Å². The van der Waals surface area contributed by atoms with Crippen LogP contribution in [0.2, 0.25) is 0 Å². The van der Waals surface area contributed by atoms with Gasteiger partial charge in [0.2, 0.25) is 11.8 Å². The largest absolute Gasteiger partial charge is 0.395 e. The van der Waals surface area contributed by atoms with Gasteiger partial charge in [0.15, 0.2) is 0 Å². The number of alkyl halides is 1. The van der Waals surface area contributed by atoms with E-state index in [2.05, 4.69) is 29.1 Å². The van der Waals surface area contributed by atoms with Crippen molar-refractivity contribution >= 4 is 51.1 Å². The van der Waals surface area contributed by atoms with Gasteiger partial charge < -0.3 is 19.8 Å². The number of hydrogen-bond acceptors (Lipinski definition) is 5. The van der Waals surface area contributed by atoms with Gasteiger partial charge in [-0.25, -0.2) is 0 Å². The van der Waals surface area contributed by atoms with Crippen molar-refractivity contribution in [1.29, 1.82) is 0 Å². The summed E-state index contributed by atoms with van der Waals surface area (Å²) in [7, 11) is 0. The van der Waals surface area contributed by atoms with Crippen molar-refractivity contribution in [1.82, 2.24) is 9.80 Å². The van der Waals surface area contributed by atoms with Gasteiger partial charge in [-0.3, -0.25) is 14.4 Å². The summed E-state index contributed by atoms with van der Waals surface area (Å²) in [6.45, 7) is 14.8. The van der Waals surface area contributed by atoms with E-state index in [0.29, 0.717) is 26.1 Å². The summed E-state index contributed by atoms with van der Waals surface area (Å²) >= 11 is 5.44. The highest BCUT2D eigenvalue weighted by atomic mass is 79.9. The Labute approximate surface area is 238 Å². The van der Waals surface area contributed by atoms with Gasteiger partial charge in [-0.1, -0.05) is 47.1 Å². The minimum Gasteiger partial charge on any atom is -0.395 e. The second-order valence-corrected chi connectivity index (χ2v) is 13.2. The summed E-state index contributed by atoms with van der Waals surface area (Å²) < 4.78 is -0.758. The van der Waals surface area contributed by atoms with Gasteiger partial charge in [0, 0.05) is 41.9 Å². The lowest BCUT2D eigenvalue weighted by atomic mass is 9.70. The molecule has 0 saturated carbocycles. The van der Waals surface area contributed by atoms with E-state index in [1.165, 1.54) is 0 Å². The number of carbonyl (C=O) groups is 3. The second-order valence-electron chi connectivity index (χ2n) is 10.5. The Hall–Kier alpha value is -2.10. The molecule has 1 aromatic rings. The van der Waals surface area contributed by atoms with Crippen molar-refractivity contribution in [2.24, 2.45) is 11.8 Å². The molecule has 3 aliphatic rings. The molecule has 3 fully saturated rings. The van der Waals surface area contributed by atoms with Gasteiger partial charge in [-0.15, -0.1) is 24.9 Å². The normalized spacial score (nSPS) is 29.3. The summed E-state index contributed by atoms with van der Waals surface area (Å²) in [6, 6.07) is 5.18. The first-order valence-corrected chi connectivity index (χ1v) is 15.1. The van der Waals surface area contributed by atoms with Gasteiger partial charge in [-0.2, -0.15) is 0 Å². The van der Waals surface area contributed by atoms with E-state index >= 15 is 0 Å². The monoisotopic (exact) mass is 603 g/mol. The third kappa shape index (κ3) is 4.64. The predicted molar refractivity (Wildman–Crippen MR) is 157 cm³/mol. The van der Waals surface area contributed by atoms with E-state index < -0.39 is 22.6 Å². The third-order valence-corrected chi connectivity index (χ3v) is 11.3. The van der Waals surface area contributed by atoms with E-state index in [4.69, 9.17) is 0 Å². The smallest absolute Gasteiger partial charge is 0.251 e. The number of aliphatic hydroxyl groups is 1. The number of anilines is 1. The van der Waals surface area contributed by atoms with Gasteiger partial charge in [0.25, 0.3) is 5.91 Å². The first kappa shape index (κ1) is 28.9. The molecule has 3 aliphatic heterocycles. The maximum atomic E-state index is 14.5. The average Bonchev–Trinajstić information content (AvgIpc) is 3.47. The maximum absolute atomic E-state index is 14.5. The number of aliphatic hydroxyl groups excluding tert-OH is 1. The Bertz CT molecular complexity index is 1130. The van der Waals surface area contributed by atoms with Crippen molar-refractivity contribution in [3.8, 4) is 0 Å². The SMILES string of the molecule is C=CCN(CCC)C(=O)[C@H]1[C@H]2C(=O)N(CCO)C(C(=O)N(CC=C)c3cc(C)ccc3C)C23CC(Br)[C@@H]1S3. The molecule has 3 amide bonds. The zero-order valence-corrected chi connectivity index (χ0v) is 24.8. The molecule has 0 radical (unpaired) electrons. The molecule has 1 aromatic carbocycles. The van der Waals surface area contributed by atoms with Gasteiger partial charge >= 0.3 is 0 Å². The number of benzene rings is 1. The summed E-state index contributed by atoms with van der Waals surface area (Å²) in [5, 5.41) is 9.82. The van der Waals surface area contributed by atoms with Crippen LogP contribution in [-0.2, 0) is 14.4 Å². The molecule has 7 nitrogen and oxygen atoms in total. The lowest BCUT2D eigenvalue weighted by molar-refractivity contribution is -0.144. The van der Waals surface area contributed by atoms with Crippen LogP contribution in [-0.4, -0.2) is 86.3 Å². The number of amides is 3. The second kappa shape index (κ2) is 11.6. The van der Waals surface area contributed by atoms with Crippen LogP contribution >= 0.6 is 27.7 Å². The number of hydrogen-bond donors (Lipinski definition) is 1. The third-order valence-electron chi connectivity index (χ3n) is 8.04. The Balaban J connectivity index is 1.80. The van der Waals surface area contributed by atoms with Crippen LogP contribution in [0.4, 0.5) is 5.69 Å². The number of thioether (sulfide) groups is 1. The standard InChI is InChI=1S/C29H38BrN3O4S/c1-6-11-31(12-7-2)26(35)22-23-27(36)33(14-15-34)25(29(23)17-20(30)24(22)38-29)28(37)32(13-8-3)21-16-18(4)9-10-19(21)5/h6,8-10,16,20,22-25,34H,1,3,7,11-15,17H2,2,4-5H3/t20?,22-,23-,24-,25?,29?/m0/s1. The van der Waals surface area contributed by atoms with E-state index in [9.17, 15) is 19.5 Å². The highest BCUT2D eigenvalue weighted by Gasteiger charge is 2.76. The van der Waals surface area contributed by atoms with E-state index in [0.717, 1.165) is 23.2 Å². The zero-order valence-electron chi connectivity index (χ0n) is 22.4. The fraction of sp³-hybridized carbons (Fsp3) is 0.552. The number of β-amino-alcohol motifs (C(OH)–C–C–N with tert-alkyl or cyclic N) is 1. The topological polar surface area (TPSA) is 81.2 Å². The van der Waals surface area contributed by atoms with Gasteiger partial charge in [-0.05, 0) is 43.9 Å². The minimum absolute atomic E-state index is 0.00403. The highest BCUT2D eigenvalue weighted by molar-refractivity contribution is 9.09. The Morgan fingerprint density at radius 1 is 1.24 bits per heavy atom. The molecule has 1 spiro atoms. The van der Waals surface area contributed by atoms with Crippen LogP contribution in [0.5, 0.6) is 0 Å². The lowest BCUT2D eigenvalue weighted by Crippen LogP contribution is -2.56. The van der Waals surface area contributed by atoms with Crippen LogP contribution in [0, 0.1) is 25.7 Å². The zero-order chi connectivity index (χ0) is 27.8. The van der Waals surface area contributed by atoms with Crippen molar-refractivity contribution < 1.29 is 19.5 Å². The van der Waals surface area contributed by atoms with Crippen LogP contribution in [0.1, 0.15) is 30.9 Å². The number of rotatable bonds is 11. The van der Waals surface area contributed by atoms with Crippen LogP contribution in [0.3, 0.4) is 0 Å². The maximum Gasteiger partial charge on any atom is 0.251 e. The summed E-state index contributed by atoms with van der Waals surface area (Å²) in [5.74, 6) is -1.61. The van der Waals surface area contributed by atoms with Crippen LogP contribution < -0.4 is 4.90 Å². The molecule has 3 heterocycles. The van der Waals surface area contributed by atoms with E-state index in [-0.39, 0.29) is 41.0 Å². The fourth-order valence-electron chi connectivity index (χ4n) is 6.56. The first-order chi connectivity index (χ1) is 18.2. The molecule has 2 bridgehead atoms. The van der Waals surface area contributed by atoms with Crippen LogP contribution in [0.25, 0.3) is 0 Å². The van der Waals surface area contributed by atoms with Gasteiger partial charge in [0.1, 0.15) is 6.04 Å². The number of aryl methyl sites for hydroxylation is 2. The first-order valence-electron chi connectivity index (χ1n) is 13.3. The fourth-order valence-corrected chi connectivity index (χ4v) is 10.2. The number of likely N-dealkylation sites (tertiary alicyclic amines) is 1. The molecular weight excluding hydrogens is 566 g/mol. The van der Waals surface area contributed by atoms with Crippen molar-refractivity contribution in [2.75, 3.05) is 37.7 Å². The molecule has 206 valence electrons. The summed E-state index contributed by atoms with van der Waals surface area (Å²) in [4.78, 5) is 47.6. The van der Waals surface area contributed by atoms with E-state index in [1.807, 2.05) is 39.0 Å². The van der Waals surface area contributed by atoms with E-state index in [1.54, 1.807) is 38.6 Å². The van der Waals surface area contributed by atoms with Crippen LogP contribution in [0.15, 0.2) is 43.5 Å². The molecule has 3 unspecified atom stereocenters. The Kier molecular flexibility index (Phi) is 8.79. The van der Waals surface area contributed by atoms with Crippen molar-refractivity contribution in [2.45, 2.75) is 54.5 Å². The molecule has 6 atom stereocenters. The number of carbonyl (C=O) groups excluding carboxylic acids is 3. The molecule has 1 N–H and O–H groups in total. The predicted octanol–water partition coefficient (Wildman–Crippen LogP) is 3.70. The number of nitrogens with zero attached hydrogens (tertiary/aromatic N) is 3. The molecule has 4 rings (SSSR count). The van der Waals surface area contributed by atoms with Crippen molar-refractivity contribution in [3.05, 3.63) is 54.6 Å². The summed E-state index contributed by atoms with van der Waals surface area (Å²) in [5.41, 5.74) is 2.76. The molecule has 9 heteroatoms. The minimum atomic E-state index is -0.793. The molecular formula is C29H38BrN3O4S. The Morgan fingerprint density at radius 3 is 2.58 bits per heavy atom. The molecule has 3 saturated heterocycles. The summed E-state index contributed by atoms with van der Waals surface area (Å²) in [6.07, 6.45) is 4.81. The Morgan fingerprint density at radius 2 is 1.95 bits per heavy atom.